The Morgan fingerprint density at radius 2 is 1.17 bits per heavy atom. The molecule has 0 unspecified atom stereocenters. The number of quaternary nitrogens is 1. The fraction of sp³-hybridized carbons (Fsp3) is 0.750. The summed E-state index contributed by atoms with van der Waals surface area (Å²) in [5.41, 5.74) is 2.09. The quantitative estimate of drug-likeness (QED) is 0.0845. The lowest BCUT2D eigenvalue weighted by Gasteiger charge is -2.37. The SMILES string of the molecule is CCCCCC[N+](CBr)(CCCCC)CCCCC.Cc1ccc(S(=O)(=O)[O-])cc1. The van der Waals surface area contributed by atoms with Crippen molar-refractivity contribution in [1.82, 2.24) is 0 Å². The van der Waals surface area contributed by atoms with Gasteiger partial charge in [0.15, 0.2) is 0 Å². The summed E-state index contributed by atoms with van der Waals surface area (Å²) in [4.78, 5) is -0.178. The molecule has 0 saturated carbocycles. The van der Waals surface area contributed by atoms with Crippen LogP contribution >= 0.6 is 15.9 Å². The van der Waals surface area contributed by atoms with Gasteiger partial charge in [0, 0.05) is 0 Å². The highest BCUT2D eigenvalue weighted by Crippen LogP contribution is 2.18. The van der Waals surface area contributed by atoms with Crippen molar-refractivity contribution in [2.75, 3.05) is 25.1 Å². The highest BCUT2D eigenvalue weighted by molar-refractivity contribution is 9.09. The molecule has 0 saturated heterocycles. The minimum Gasteiger partial charge on any atom is -0.744 e. The average molecular weight is 507 g/mol. The van der Waals surface area contributed by atoms with E-state index in [1.165, 1.54) is 100 Å². The summed E-state index contributed by atoms with van der Waals surface area (Å²) in [5, 5.41) is 0. The van der Waals surface area contributed by atoms with Gasteiger partial charge in [-0.3, -0.25) is 0 Å². The second-order valence-electron chi connectivity index (χ2n) is 8.37. The summed E-state index contributed by atoms with van der Waals surface area (Å²) >= 11 is 3.82. The van der Waals surface area contributed by atoms with Crippen LogP contribution in [0, 0.1) is 6.92 Å². The molecule has 30 heavy (non-hydrogen) atoms. The molecule has 0 radical (unpaired) electrons. The first-order chi connectivity index (χ1) is 14.2. The zero-order chi connectivity index (χ0) is 22.9. The monoisotopic (exact) mass is 505 g/mol. The van der Waals surface area contributed by atoms with Crippen LogP contribution < -0.4 is 0 Å². The maximum absolute atomic E-state index is 10.4. The number of halogens is 1. The standard InChI is InChI=1S/C17H37BrN.C7H8O3S/c1-4-7-10-13-16-19(17-18,14-11-8-5-2)15-12-9-6-3;1-6-2-4-7(5-3-6)11(8,9)10/h4-17H2,1-3H3;2-5H,1H3,(H,8,9,10)/q+1;/p-1. The molecule has 4 nitrogen and oxygen atoms in total. The predicted molar refractivity (Wildman–Crippen MR) is 131 cm³/mol. The van der Waals surface area contributed by atoms with Crippen molar-refractivity contribution in [1.29, 1.82) is 0 Å². The lowest BCUT2D eigenvalue weighted by molar-refractivity contribution is -0.916. The Kier molecular flexibility index (Phi) is 16.9. The molecule has 0 aliphatic carbocycles. The molecule has 0 atom stereocenters. The fourth-order valence-electron chi connectivity index (χ4n) is 3.49. The van der Waals surface area contributed by atoms with Gasteiger partial charge in [-0.1, -0.05) is 64.2 Å². The largest absolute Gasteiger partial charge is 0.744 e. The van der Waals surface area contributed by atoms with Crippen LogP contribution in [0.5, 0.6) is 0 Å². The van der Waals surface area contributed by atoms with Gasteiger partial charge in [-0.2, -0.15) is 0 Å². The number of hydrogen-bond donors (Lipinski definition) is 0. The number of rotatable bonds is 15. The first-order valence-corrected chi connectivity index (χ1v) is 14.2. The molecule has 1 aromatic rings. The minimum absolute atomic E-state index is 0.178. The van der Waals surface area contributed by atoms with Crippen molar-refractivity contribution in [3.8, 4) is 0 Å². The summed E-state index contributed by atoms with van der Waals surface area (Å²) in [5.74, 6) is 0. The van der Waals surface area contributed by atoms with Gasteiger partial charge < -0.3 is 9.04 Å². The Balaban J connectivity index is 0.000000642. The van der Waals surface area contributed by atoms with Gasteiger partial charge >= 0.3 is 0 Å². The summed E-state index contributed by atoms with van der Waals surface area (Å²) < 4.78 is 32.5. The van der Waals surface area contributed by atoms with Crippen molar-refractivity contribution < 1.29 is 17.5 Å². The van der Waals surface area contributed by atoms with Crippen LogP contribution in [0.3, 0.4) is 0 Å². The van der Waals surface area contributed by atoms with E-state index in [1.807, 2.05) is 6.92 Å². The number of alkyl halides is 1. The third-order valence-corrected chi connectivity index (χ3v) is 7.43. The zero-order valence-corrected chi connectivity index (χ0v) is 22.1. The topological polar surface area (TPSA) is 57.2 Å². The summed E-state index contributed by atoms with van der Waals surface area (Å²) in [6, 6.07) is 5.78. The molecule has 176 valence electrons. The zero-order valence-electron chi connectivity index (χ0n) is 19.7. The number of nitrogens with zero attached hydrogens (tertiary/aromatic N) is 1. The van der Waals surface area contributed by atoms with Crippen molar-refractivity contribution in [3.05, 3.63) is 29.8 Å². The predicted octanol–water partition coefficient (Wildman–Crippen LogP) is 7.02. The minimum atomic E-state index is -4.27. The van der Waals surface area contributed by atoms with Gasteiger partial charge in [-0.25, -0.2) is 8.42 Å². The molecule has 0 heterocycles. The van der Waals surface area contributed by atoms with E-state index in [9.17, 15) is 13.0 Å². The molecule has 1 rings (SSSR count). The molecule has 0 amide bonds. The van der Waals surface area contributed by atoms with Gasteiger partial charge in [-0.15, -0.1) is 0 Å². The van der Waals surface area contributed by atoms with E-state index in [0.717, 1.165) is 11.0 Å². The fourth-order valence-corrected chi connectivity index (χ4v) is 4.71. The van der Waals surface area contributed by atoms with Crippen molar-refractivity contribution in [3.63, 3.8) is 0 Å². The number of aryl methyl sites for hydroxylation is 1. The van der Waals surface area contributed by atoms with Crippen LogP contribution in [-0.4, -0.2) is 42.5 Å². The Bertz CT molecular complexity index is 622. The maximum atomic E-state index is 10.4. The second kappa shape index (κ2) is 17.2. The first kappa shape index (κ1) is 29.6. The lowest BCUT2D eigenvalue weighted by atomic mass is 10.1. The van der Waals surface area contributed by atoms with Gasteiger partial charge in [-0.05, 0) is 73.5 Å². The summed E-state index contributed by atoms with van der Waals surface area (Å²) in [7, 11) is -4.27. The third kappa shape index (κ3) is 13.8. The molecule has 0 bridgehead atoms. The molecule has 0 spiro atoms. The summed E-state index contributed by atoms with van der Waals surface area (Å²) in [6.45, 7) is 12.9. The van der Waals surface area contributed by atoms with Crippen LogP contribution in [0.1, 0.15) is 90.5 Å². The smallest absolute Gasteiger partial charge is 0.134 e. The molecular formula is C24H44BrNO3S. The average Bonchev–Trinajstić information content (AvgIpc) is 2.71. The molecule has 0 N–H and O–H groups in total. The summed E-state index contributed by atoms with van der Waals surface area (Å²) in [6.07, 6.45) is 13.9. The van der Waals surface area contributed by atoms with Crippen LogP contribution in [0.15, 0.2) is 29.2 Å². The van der Waals surface area contributed by atoms with Crippen molar-refractivity contribution in [2.24, 2.45) is 0 Å². The maximum Gasteiger partial charge on any atom is 0.134 e. The molecule has 1 aromatic carbocycles. The van der Waals surface area contributed by atoms with E-state index in [4.69, 9.17) is 0 Å². The highest BCUT2D eigenvalue weighted by atomic mass is 79.9. The van der Waals surface area contributed by atoms with E-state index >= 15 is 0 Å². The Morgan fingerprint density at radius 1 is 0.767 bits per heavy atom. The number of hydrogen-bond acceptors (Lipinski definition) is 3. The second-order valence-corrected chi connectivity index (χ2v) is 10.3. The highest BCUT2D eigenvalue weighted by Gasteiger charge is 2.24. The Morgan fingerprint density at radius 3 is 1.53 bits per heavy atom. The van der Waals surface area contributed by atoms with Crippen LogP contribution in [0.4, 0.5) is 0 Å². The molecule has 0 fully saturated rings. The van der Waals surface area contributed by atoms with Gasteiger partial charge in [0.1, 0.15) is 15.6 Å². The third-order valence-electron chi connectivity index (χ3n) is 5.52. The molecule has 0 aliphatic rings. The van der Waals surface area contributed by atoms with Crippen LogP contribution in [-0.2, 0) is 10.1 Å². The first-order valence-electron chi connectivity index (χ1n) is 11.7. The van der Waals surface area contributed by atoms with Gasteiger partial charge in [0.2, 0.25) is 0 Å². The Labute approximate surface area is 194 Å². The van der Waals surface area contributed by atoms with Crippen LogP contribution in [0.25, 0.3) is 0 Å². The number of benzene rings is 1. The van der Waals surface area contributed by atoms with E-state index in [0.29, 0.717) is 0 Å². The molecule has 0 aromatic heterocycles. The number of unbranched alkanes of at least 4 members (excludes halogenated alkanes) is 7. The van der Waals surface area contributed by atoms with E-state index in [-0.39, 0.29) is 4.90 Å². The van der Waals surface area contributed by atoms with E-state index in [2.05, 4.69) is 36.7 Å². The molecule has 0 aliphatic heterocycles. The van der Waals surface area contributed by atoms with Crippen molar-refractivity contribution >= 4 is 26.0 Å². The normalized spacial score (nSPS) is 11.8. The lowest BCUT2D eigenvalue weighted by Crippen LogP contribution is -2.49. The van der Waals surface area contributed by atoms with E-state index < -0.39 is 10.1 Å². The van der Waals surface area contributed by atoms with E-state index in [1.54, 1.807) is 12.1 Å². The van der Waals surface area contributed by atoms with Gasteiger partial charge in [0.25, 0.3) is 0 Å². The van der Waals surface area contributed by atoms with Crippen LogP contribution in [0.2, 0.25) is 0 Å². The Hall–Kier alpha value is -0.430. The molecule has 6 heteroatoms. The molecular weight excluding hydrogens is 462 g/mol. The van der Waals surface area contributed by atoms with Gasteiger partial charge in [0.05, 0.1) is 24.5 Å². The van der Waals surface area contributed by atoms with Crippen molar-refractivity contribution in [2.45, 2.75) is 96.8 Å².